The van der Waals surface area contributed by atoms with Crippen LogP contribution in [0.4, 0.5) is 5.69 Å². The van der Waals surface area contributed by atoms with E-state index in [4.69, 9.17) is 4.74 Å². The van der Waals surface area contributed by atoms with Gasteiger partial charge in [-0.15, -0.1) is 0 Å². The first-order valence-electron chi connectivity index (χ1n) is 8.83. The number of hydrogen-bond donors (Lipinski definition) is 0. The number of anilines is 1. The van der Waals surface area contributed by atoms with Crippen LogP contribution in [0.15, 0.2) is 24.7 Å². The van der Waals surface area contributed by atoms with Gasteiger partial charge in [0.05, 0.1) is 35.9 Å². The van der Waals surface area contributed by atoms with Crippen molar-refractivity contribution in [1.82, 2.24) is 19.2 Å². The summed E-state index contributed by atoms with van der Waals surface area (Å²) >= 11 is 0. The first-order valence-corrected chi connectivity index (χ1v) is 8.83. The molecule has 0 amide bonds. The van der Waals surface area contributed by atoms with E-state index in [9.17, 15) is 0 Å². The molecule has 1 atom stereocenters. The summed E-state index contributed by atoms with van der Waals surface area (Å²) in [7, 11) is 3.74. The Hall–Kier alpha value is -2.34. The van der Waals surface area contributed by atoms with Gasteiger partial charge in [-0.1, -0.05) is 13.8 Å². The maximum atomic E-state index is 5.55. The maximum Gasteiger partial charge on any atom is 0.142 e. The third kappa shape index (κ3) is 3.02. The zero-order valence-corrected chi connectivity index (χ0v) is 15.9. The Bertz CT molecular complexity index is 879. The molecule has 0 unspecified atom stereocenters. The van der Waals surface area contributed by atoms with Crippen LogP contribution < -0.4 is 4.90 Å². The van der Waals surface area contributed by atoms with Crippen LogP contribution in [0, 0.1) is 6.92 Å². The number of rotatable bonds is 3. The monoisotopic (exact) mass is 341 g/mol. The normalized spacial score (nSPS) is 14.4. The molecule has 3 aromatic heterocycles. The van der Waals surface area contributed by atoms with Crippen molar-refractivity contribution in [3.63, 3.8) is 0 Å². The van der Waals surface area contributed by atoms with Gasteiger partial charge >= 0.3 is 0 Å². The van der Waals surface area contributed by atoms with Gasteiger partial charge in [0.15, 0.2) is 0 Å². The number of fused-ring (bicyclic) bond motifs is 2. The van der Waals surface area contributed by atoms with Crippen molar-refractivity contribution in [2.75, 3.05) is 12.0 Å². The van der Waals surface area contributed by atoms with Crippen LogP contribution in [0.2, 0.25) is 0 Å². The van der Waals surface area contributed by atoms with E-state index < -0.39 is 0 Å². The maximum absolute atomic E-state index is 5.55. The molecule has 0 saturated carbocycles. The van der Waals surface area contributed by atoms with Gasteiger partial charge in [0.1, 0.15) is 5.65 Å². The molecule has 0 aliphatic carbocycles. The fraction of sp³-hybridized carbons (Fsp3) is 0.474. The molecular weight excluding hydrogens is 314 g/mol. The summed E-state index contributed by atoms with van der Waals surface area (Å²) in [4.78, 5) is 7.01. The van der Waals surface area contributed by atoms with Gasteiger partial charge in [-0.2, -0.15) is 5.10 Å². The number of aromatic nitrogens is 4. The van der Waals surface area contributed by atoms with Gasteiger partial charge in [-0.05, 0) is 19.9 Å². The third-order valence-electron chi connectivity index (χ3n) is 4.69. The Labute approximate surface area is 149 Å². The fourth-order valence-electron chi connectivity index (χ4n) is 3.30. The highest BCUT2D eigenvalue weighted by Gasteiger charge is 2.24. The lowest BCUT2D eigenvalue weighted by atomic mass is 10.1. The highest BCUT2D eigenvalue weighted by atomic mass is 16.5. The molecule has 25 heavy (non-hydrogen) atoms. The van der Waals surface area contributed by atoms with Crippen molar-refractivity contribution in [3.05, 3.63) is 47.2 Å². The summed E-state index contributed by atoms with van der Waals surface area (Å²) in [6, 6.07) is 2.20. The molecule has 0 N–H and O–H groups in total. The van der Waals surface area contributed by atoms with Gasteiger partial charge in [0, 0.05) is 44.2 Å². The first-order chi connectivity index (χ1) is 12.1. The number of nitrogens with zero attached hydrogens (tertiary/aromatic N) is 5. The van der Waals surface area contributed by atoms with Gasteiger partial charge in [0.25, 0.3) is 0 Å². The first kappa shape index (κ1) is 17.5. The second kappa shape index (κ2) is 6.88. The Morgan fingerprint density at radius 1 is 1.20 bits per heavy atom. The van der Waals surface area contributed by atoms with Crippen molar-refractivity contribution < 1.29 is 4.74 Å². The van der Waals surface area contributed by atoms with E-state index in [0.29, 0.717) is 0 Å². The van der Waals surface area contributed by atoms with E-state index in [1.54, 1.807) is 7.11 Å². The lowest BCUT2D eigenvalue weighted by Crippen LogP contribution is -2.17. The average Bonchev–Trinajstić information content (AvgIpc) is 3.30. The molecule has 6 heteroatoms. The van der Waals surface area contributed by atoms with Crippen LogP contribution >= 0.6 is 0 Å². The Kier molecular flexibility index (Phi) is 4.81. The second-order valence-corrected chi connectivity index (χ2v) is 6.24. The topological polar surface area (TPSA) is 47.6 Å². The minimum absolute atomic E-state index is 0.00546. The molecule has 6 nitrogen and oxygen atoms in total. The molecule has 0 spiro atoms. The lowest BCUT2D eigenvalue weighted by Gasteiger charge is -2.21. The Morgan fingerprint density at radius 2 is 1.96 bits per heavy atom. The number of pyridine rings is 1. The van der Waals surface area contributed by atoms with Crippen molar-refractivity contribution in [2.24, 2.45) is 7.05 Å². The molecule has 1 aliphatic rings. The van der Waals surface area contributed by atoms with Crippen molar-refractivity contribution >= 4 is 11.3 Å². The largest absolute Gasteiger partial charge is 0.377 e. The van der Waals surface area contributed by atoms with E-state index >= 15 is 0 Å². The number of hydrogen-bond acceptors (Lipinski definition) is 4. The van der Waals surface area contributed by atoms with Crippen molar-refractivity contribution in [1.29, 1.82) is 0 Å². The molecule has 4 heterocycles. The zero-order valence-electron chi connectivity index (χ0n) is 15.9. The summed E-state index contributed by atoms with van der Waals surface area (Å²) in [6.45, 7) is 9.85. The number of methoxy groups -OCH3 is 1. The Balaban J connectivity index is 0.000000880. The summed E-state index contributed by atoms with van der Waals surface area (Å²) in [5.74, 6) is 0. The summed E-state index contributed by atoms with van der Waals surface area (Å²) < 4.78 is 9.63. The van der Waals surface area contributed by atoms with Crippen LogP contribution in [0.5, 0.6) is 0 Å². The standard InChI is InChI=1S/C17H21N5O.C2H6/c1-11-7-22-9-14(5-15(12(2)23-4)17(22)19-11)21-8-13-6-18-20(3)16(13)10-21;1-2/h5-7,9,12H,8,10H2,1-4H3;1-2H3/t12-;/m1./s1. The van der Waals surface area contributed by atoms with Crippen molar-refractivity contribution in [3.8, 4) is 0 Å². The number of aryl methyl sites for hydroxylation is 2. The molecule has 0 radical (unpaired) electrons. The smallest absolute Gasteiger partial charge is 0.142 e. The lowest BCUT2D eigenvalue weighted by molar-refractivity contribution is 0.120. The van der Waals surface area contributed by atoms with Crippen molar-refractivity contribution in [2.45, 2.75) is 46.9 Å². The highest BCUT2D eigenvalue weighted by molar-refractivity contribution is 5.60. The fourth-order valence-corrected chi connectivity index (χ4v) is 3.30. The molecule has 0 fully saturated rings. The summed E-state index contributed by atoms with van der Waals surface area (Å²) in [5, 5.41) is 4.33. The van der Waals surface area contributed by atoms with Gasteiger partial charge < -0.3 is 14.0 Å². The van der Waals surface area contributed by atoms with Crippen LogP contribution in [0.25, 0.3) is 5.65 Å². The summed E-state index contributed by atoms with van der Waals surface area (Å²) in [5.41, 5.74) is 6.88. The van der Waals surface area contributed by atoms with Crippen LogP contribution in [-0.4, -0.2) is 26.3 Å². The molecule has 0 saturated heterocycles. The molecule has 3 aromatic rings. The predicted octanol–water partition coefficient (Wildman–Crippen LogP) is 3.63. The highest BCUT2D eigenvalue weighted by Crippen LogP contribution is 2.31. The minimum atomic E-state index is 0.00546. The van der Waals surface area contributed by atoms with E-state index in [2.05, 4.69) is 44.8 Å². The summed E-state index contributed by atoms with van der Waals surface area (Å²) in [6.07, 6.45) is 6.19. The second-order valence-electron chi connectivity index (χ2n) is 6.24. The molecule has 134 valence electrons. The average molecular weight is 341 g/mol. The third-order valence-corrected chi connectivity index (χ3v) is 4.69. The van der Waals surface area contributed by atoms with E-state index in [1.807, 2.05) is 38.7 Å². The van der Waals surface area contributed by atoms with Gasteiger partial charge in [0.2, 0.25) is 0 Å². The van der Waals surface area contributed by atoms with Crippen LogP contribution in [0.1, 0.15) is 49.4 Å². The predicted molar refractivity (Wildman–Crippen MR) is 99.8 cm³/mol. The van der Waals surface area contributed by atoms with Gasteiger partial charge in [-0.3, -0.25) is 4.68 Å². The molecule has 0 aromatic carbocycles. The molecular formula is C19H27N5O. The van der Waals surface area contributed by atoms with E-state index in [0.717, 1.165) is 30.0 Å². The van der Waals surface area contributed by atoms with E-state index in [-0.39, 0.29) is 6.10 Å². The molecule has 1 aliphatic heterocycles. The van der Waals surface area contributed by atoms with Crippen LogP contribution in [0.3, 0.4) is 0 Å². The molecule has 0 bridgehead atoms. The SMILES string of the molecule is CC.CO[C@H](C)c1cc(N2Cc3cnn(C)c3C2)cn2cc(C)nc12. The molecule has 4 rings (SSSR count). The van der Waals surface area contributed by atoms with Gasteiger partial charge in [-0.25, -0.2) is 4.98 Å². The quantitative estimate of drug-likeness (QED) is 0.730. The zero-order chi connectivity index (χ0) is 18.1. The number of ether oxygens (including phenoxy) is 1. The Morgan fingerprint density at radius 3 is 2.64 bits per heavy atom. The minimum Gasteiger partial charge on any atom is -0.377 e. The van der Waals surface area contributed by atoms with Crippen LogP contribution in [-0.2, 0) is 24.9 Å². The number of imidazole rings is 1. The van der Waals surface area contributed by atoms with E-state index in [1.165, 1.54) is 16.9 Å².